The molecular weight excluding hydrogens is 698 g/mol. The van der Waals surface area contributed by atoms with Gasteiger partial charge in [0.15, 0.2) is 0 Å². The third-order valence-corrected chi connectivity index (χ3v) is 10.4. The second kappa shape index (κ2) is 13.9. The molecule has 252 valence electrons. The Labute approximate surface area is 322 Å². The van der Waals surface area contributed by atoms with E-state index in [2.05, 4.69) is 183 Å². The molecule has 7 aromatic rings. The molecule has 9 rings (SSSR count). The largest absolute Gasteiger partial charge is 0.354 e. The van der Waals surface area contributed by atoms with E-state index in [4.69, 9.17) is 9.97 Å². The number of H-pyrrole nitrogens is 2. The Balaban J connectivity index is 0.00000400. The van der Waals surface area contributed by atoms with Gasteiger partial charge in [-0.1, -0.05) is 97.1 Å². The number of aryl methyl sites for hydroxylation is 4. The normalized spacial score (nSPS) is 11.8. The molecule has 0 aliphatic carbocycles. The molecule has 4 aromatic carbocycles. The van der Waals surface area contributed by atoms with Gasteiger partial charge in [-0.3, -0.25) is 0 Å². The monoisotopic (exact) mass is 734 g/mol. The zero-order valence-corrected chi connectivity index (χ0v) is 33.4. The first kappa shape index (κ1) is 34.2. The molecule has 0 radical (unpaired) electrons. The molecule has 0 fully saturated rings. The molecule has 0 amide bonds. The second-order valence-corrected chi connectivity index (χ2v) is 13.8. The molecule has 0 atom stereocenters. The first-order valence-corrected chi connectivity index (χ1v) is 17.8. The molecule has 0 unspecified atom stereocenters. The van der Waals surface area contributed by atoms with Crippen LogP contribution < -0.4 is 0 Å². The maximum atomic E-state index is 5.46. The first-order valence-electron chi connectivity index (χ1n) is 17.8. The van der Waals surface area contributed by atoms with E-state index in [-0.39, 0.29) is 19.5 Å². The molecule has 3 aromatic heterocycles. The number of rotatable bonds is 4. The molecular formula is C48H38N4Zn. The fourth-order valence-electron chi connectivity index (χ4n) is 7.75. The Morgan fingerprint density at radius 1 is 0.321 bits per heavy atom. The Morgan fingerprint density at radius 2 is 0.547 bits per heavy atom. The number of fused-ring (bicyclic) bond motifs is 8. The summed E-state index contributed by atoms with van der Waals surface area (Å²) in [4.78, 5) is 18.7. The third kappa shape index (κ3) is 6.01. The summed E-state index contributed by atoms with van der Waals surface area (Å²) in [5.41, 5.74) is 21.3. The summed E-state index contributed by atoms with van der Waals surface area (Å²) in [7, 11) is 0. The van der Waals surface area contributed by atoms with Crippen LogP contribution >= 0.6 is 0 Å². The molecule has 0 spiro atoms. The predicted molar refractivity (Wildman–Crippen MR) is 220 cm³/mol. The average molecular weight is 736 g/mol. The molecule has 0 saturated heterocycles. The quantitative estimate of drug-likeness (QED) is 0.177. The van der Waals surface area contributed by atoms with E-state index in [1.165, 1.54) is 22.3 Å². The van der Waals surface area contributed by atoms with Gasteiger partial charge < -0.3 is 9.97 Å². The fraction of sp³-hybridized carbons (Fsp3) is 0.0833. The number of aromatic amines is 2. The topological polar surface area (TPSA) is 57.4 Å². The van der Waals surface area contributed by atoms with Crippen LogP contribution in [0.4, 0.5) is 0 Å². The van der Waals surface area contributed by atoms with Gasteiger partial charge in [-0.2, -0.15) is 0 Å². The zero-order chi connectivity index (χ0) is 35.3. The molecule has 2 N–H and O–H groups in total. The van der Waals surface area contributed by atoms with Crippen molar-refractivity contribution in [1.29, 1.82) is 0 Å². The summed E-state index contributed by atoms with van der Waals surface area (Å²) in [6, 6.07) is 43.0. The number of benzene rings is 4. The SMILES string of the molecule is Cc1ccccc1-c1c2nc(c(-c3ccccc3C)c3ccc([nH]3)c(-c3ccccc3C)c3nc(c(-c4ccccc4C)c4ccc1[nH]4)C=C3)C=C2.[Zn]. The van der Waals surface area contributed by atoms with Crippen LogP contribution in [-0.4, -0.2) is 19.9 Å². The van der Waals surface area contributed by atoms with Gasteiger partial charge in [-0.15, -0.1) is 0 Å². The Kier molecular flexibility index (Phi) is 8.98. The van der Waals surface area contributed by atoms with Gasteiger partial charge in [-0.25, -0.2) is 9.97 Å². The summed E-state index contributed by atoms with van der Waals surface area (Å²) in [5.74, 6) is 0. The van der Waals surface area contributed by atoms with E-state index in [0.29, 0.717) is 0 Å². The molecule has 2 aliphatic heterocycles. The minimum atomic E-state index is 0. The van der Waals surface area contributed by atoms with E-state index in [9.17, 15) is 0 Å². The van der Waals surface area contributed by atoms with E-state index in [1.54, 1.807) is 0 Å². The van der Waals surface area contributed by atoms with Crippen LogP contribution in [-0.2, 0) is 19.5 Å². The van der Waals surface area contributed by atoms with Crippen LogP contribution in [0, 0.1) is 27.7 Å². The van der Waals surface area contributed by atoms with Crippen molar-refractivity contribution in [3.8, 4) is 44.5 Å². The van der Waals surface area contributed by atoms with E-state index < -0.39 is 0 Å². The minimum Gasteiger partial charge on any atom is -0.354 e. The summed E-state index contributed by atoms with van der Waals surface area (Å²) in [6.45, 7) is 8.68. The Morgan fingerprint density at radius 3 is 0.774 bits per heavy atom. The van der Waals surface area contributed by atoms with Crippen molar-refractivity contribution in [2.75, 3.05) is 0 Å². The molecule has 8 bridgehead atoms. The van der Waals surface area contributed by atoms with E-state index in [0.717, 1.165) is 89.4 Å². The smallest absolute Gasteiger partial charge is 0.0737 e. The summed E-state index contributed by atoms with van der Waals surface area (Å²) >= 11 is 0. The minimum absolute atomic E-state index is 0. The molecule has 5 heterocycles. The average Bonchev–Trinajstić information content (AvgIpc) is 3.99. The van der Waals surface area contributed by atoms with Crippen LogP contribution in [0.25, 0.3) is 90.9 Å². The molecule has 5 heteroatoms. The van der Waals surface area contributed by atoms with Crippen LogP contribution in [0.1, 0.15) is 45.0 Å². The number of hydrogen-bond donors (Lipinski definition) is 2. The van der Waals surface area contributed by atoms with E-state index in [1.807, 2.05) is 0 Å². The van der Waals surface area contributed by atoms with Crippen molar-refractivity contribution in [2.24, 2.45) is 0 Å². The van der Waals surface area contributed by atoms with E-state index >= 15 is 0 Å². The van der Waals surface area contributed by atoms with Gasteiger partial charge >= 0.3 is 0 Å². The van der Waals surface area contributed by atoms with Crippen LogP contribution in [0.2, 0.25) is 0 Å². The standard InChI is InChI=1S/C48H38N4.Zn/c1-29-13-5-9-17-33(29)45-37-21-23-39(49-37)46(34-18-10-6-14-30(34)2)41-25-27-43(51-41)48(36-20-12-8-16-32(36)4)44-28-26-42(52-44)47(40-24-22-38(45)50-40)35-19-11-7-15-31(35)3;/h5-28,49,52H,1-4H3;. The van der Waals surface area contributed by atoms with Gasteiger partial charge in [0.2, 0.25) is 0 Å². The molecule has 53 heavy (non-hydrogen) atoms. The van der Waals surface area contributed by atoms with Crippen LogP contribution in [0.5, 0.6) is 0 Å². The maximum absolute atomic E-state index is 5.46. The number of nitrogens with zero attached hydrogens (tertiary/aromatic N) is 2. The van der Waals surface area contributed by atoms with Gasteiger partial charge in [0.05, 0.1) is 22.8 Å². The van der Waals surface area contributed by atoms with Gasteiger partial charge in [0.25, 0.3) is 0 Å². The van der Waals surface area contributed by atoms with Crippen LogP contribution in [0.15, 0.2) is 121 Å². The molecule has 0 saturated carbocycles. The Bertz CT molecular complexity index is 2420. The number of nitrogens with one attached hydrogen (secondary N) is 2. The van der Waals surface area contributed by atoms with Crippen molar-refractivity contribution in [1.82, 2.24) is 19.9 Å². The Hall–Kier alpha value is -5.90. The van der Waals surface area contributed by atoms with Crippen molar-refractivity contribution in [3.63, 3.8) is 0 Å². The summed E-state index contributed by atoms with van der Waals surface area (Å²) in [6.07, 6.45) is 8.66. The molecule has 2 aliphatic rings. The third-order valence-electron chi connectivity index (χ3n) is 10.4. The van der Waals surface area contributed by atoms with Crippen molar-refractivity contribution >= 4 is 46.4 Å². The molecule has 4 nitrogen and oxygen atoms in total. The summed E-state index contributed by atoms with van der Waals surface area (Å²) in [5, 5.41) is 0. The number of aromatic nitrogens is 4. The zero-order valence-electron chi connectivity index (χ0n) is 30.5. The van der Waals surface area contributed by atoms with Gasteiger partial charge in [0, 0.05) is 63.8 Å². The van der Waals surface area contributed by atoms with Crippen LogP contribution in [0.3, 0.4) is 0 Å². The second-order valence-electron chi connectivity index (χ2n) is 13.8. The fourth-order valence-corrected chi connectivity index (χ4v) is 7.75. The van der Waals surface area contributed by atoms with Crippen molar-refractivity contribution < 1.29 is 19.5 Å². The van der Waals surface area contributed by atoms with Crippen molar-refractivity contribution in [2.45, 2.75) is 27.7 Å². The number of hydrogen-bond acceptors (Lipinski definition) is 2. The first-order chi connectivity index (χ1) is 25.4. The maximum Gasteiger partial charge on any atom is 0.0737 e. The predicted octanol–water partition coefficient (Wildman–Crippen LogP) is 12.6. The van der Waals surface area contributed by atoms with Gasteiger partial charge in [-0.05, 0) is 121 Å². The van der Waals surface area contributed by atoms with Crippen molar-refractivity contribution in [3.05, 3.63) is 166 Å². The van der Waals surface area contributed by atoms with Gasteiger partial charge in [0.1, 0.15) is 0 Å². The summed E-state index contributed by atoms with van der Waals surface area (Å²) < 4.78 is 0.